The Labute approximate surface area is 143 Å². The Balaban J connectivity index is 1.81. The number of nitrogens with zero attached hydrogens (tertiary/aromatic N) is 1. The Morgan fingerprint density at radius 3 is 2.62 bits per heavy atom. The van der Waals surface area contributed by atoms with Gasteiger partial charge in [0.15, 0.2) is 0 Å². The van der Waals surface area contributed by atoms with E-state index < -0.39 is 11.8 Å². The fourth-order valence-corrected chi connectivity index (χ4v) is 3.33. The SMILES string of the molecule is O=C(O)c1ccccc1[C@@H]1CCN(C(=O)c2ccc(F)cc2Cl)C1. The molecular formula is C18H15ClFNO3. The zero-order valence-electron chi connectivity index (χ0n) is 12.7. The molecule has 0 radical (unpaired) electrons. The average Bonchev–Trinajstić information content (AvgIpc) is 3.04. The molecule has 1 heterocycles. The largest absolute Gasteiger partial charge is 0.478 e. The van der Waals surface area contributed by atoms with Gasteiger partial charge in [-0.2, -0.15) is 0 Å². The van der Waals surface area contributed by atoms with Crippen molar-refractivity contribution < 1.29 is 19.1 Å². The Morgan fingerprint density at radius 1 is 1.17 bits per heavy atom. The molecule has 1 N–H and O–H groups in total. The van der Waals surface area contributed by atoms with E-state index in [1.54, 1.807) is 29.2 Å². The Bertz CT molecular complexity index is 809. The van der Waals surface area contributed by atoms with E-state index >= 15 is 0 Å². The lowest BCUT2D eigenvalue weighted by Crippen LogP contribution is -2.28. The first-order valence-corrected chi connectivity index (χ1v) is 7.91. The zero-order chi connectivity index (χ0) is 17.3. The van der Waals surface area contributed by atoms with E-state index in [4.69, 9.17) is 11.6 Å². The number of carboxylic acid groups (broad SMARTS) is 1. The first kappa shape index (κ1) is 16.5. The highest BCUT2D eigenvalue weighted by molar-refractivity contribution is 6.33. The molecule has 6 heteroatoms. The van der Waals surface area contributed by atoms with Crippen molar-refractivity contribution in [2.45, 2.75) is 12.3 Å². The fourth-order valence-electron chi connectivity index (χ4n) is 3.08. The number of hydrogen-bond acceptors (Lipinski definition) is 2. The molecule has 1 atom stereocenters. The molecule has 1 aliphatic rings. The Kier molecular flexibility index (Phi) is 4.53. The molecule has 0 aromatic heterocycles. The maximum absolute atomic E-state index is 13.1. The van der Waals surface area contributed by atoms with Crippen LogP contribution in [0.1, 0.15) is 38.6 Å². The van der Waals surface area contributed by atoms with Crippen molar-refractivity contribution in [2.24, 2.45) is 0 Å². The third-order valence-corrected chi connectivity index (χ3v) is 4.58. The maximum Gasteiger partial charge on any atom is 0.335 e. The van der Waals surface area contributed by atoms with Crippen LogP contribution in [0.4, 0.5) is 4.39 Å². The van der Waals surface area contributed by atoms with Crippen LogP contribution in [0.2, 0.25) is 5.02 Å². The lowest BCUT2D eigenvalue weighted by molar-refractivity contribution is 0.0695. The number of benzene rings is 2. The molecule has 1 aliphatic heterocycles. The number of likely N-dealkylation sites (tertiary alicyclic amines) is 1. The van der Waals surface area contributed by atoms with Crippen LogP contribution in [-0.2, 0) is 0 Å². The number of carbonyl (C=O) groups excluding carboxylic acids is 1. The summed E-state index contributed by atoms with van der Waals surface area (Å²) in [6, 6.07) is 10.5. The minimum atomic E-state index is -0.975. The van der Waals surface area contributed by atoms with Crippen LogP contribution in [0.3, 0.4) is 0 Å². The van der Waals surface area contributed by atoms with Crippen molar-refractivity contribution >= 4 is 23.5 Å². The predicted octanol–water partition coefficient (Wildman–Crippen LogP) is 3.81. The highest BCUT2D eigenvalue weighted by atomic mass is 35.5. The van der Waals surface area contributed by atoms with Crippen molar-refractivity contribution in [3.63, 3.8) is 0 Å². The maximum atomic E-state index is 13.1. The highest BCUT2D eigenvalue weighted by Crippen LogP contribution is 2.31. The van der Waals surface area contributed by atoms with Gasteiger partial charge >= 0.3 is 5.97 Å². The summed E-state index contributed by atoms with van der Waals surface area (Å²) in [6.45, 7) is 0.919. The third kappa shape index (κ3) is 3.12. The van der Waals surface area contributed by atoms with Crippen LogP contribution in [0.15, 0.2) is 42.5 Å². The normalized spacial score (nSPS) is 17.1. The molecule has 1 amide bonds. The van der Waals surface area contributed by atoms with Gasteiger partial charge in [-0.05, 0) is 36.2 Å². The van der Waals surface area contributed by atoms with Gasteiger partial charge in [-0.25, -0.2) is 9.18 Å². The van der Waals surface area contributed by atoms with E-state index in [1.807, 2.05) is 0 Å². The molecule has 2 aromatic carbocycles. The van der Waals surface area contributed by atoms with Crippen LogP contribution < -0.4 is 0 Å². The van der Waals surface area contributed by atoms with Gasteiger partial charge in [-0.1, -0.05) is 29.8 Å². The number of amides is 1. The molecule has 0 bridgehead atoms. The minimum absolute atomic E-state index is 0.0412. The summed E-state index contributed by atoms with van der Waals surface area (Å²) in [5.41, 5.74) is 1.24. The van der Waals surface area contributed by atoms with Gasteiger partial charge in [-0.3, -0.25) is 4.79 Å². The zero-order valence-corrected chi connectivity index (χ0v) is 13.5. The van der Waals surface area contributed by atoms with Gasteiger partial charge < -0.3 is 10.0 Å². The van der Waals surface area contributed by atoms with Crippen molar-refractivity contribution in [1.29, 1.82) is 0 Å². The van der Waals surface area contributed by atoms with Gasteiger partial charge in [-0.15, -0.1) is 0 Å². The average molecular weight is 348 g/mol. The summed E-state index contributed by atoms with van der Waals surface area (Å²) in [4.78, 5) is 25.6. The van der Waals surface area contributed by atoms with Crippen molar-refractivity contribution in [3.05, 3.63) is 70.0 Å². The Morgan fingerprint density at radius 2 is 1.92 bits per heavy atom. The molecule has 124 valence electrons. The summed E-state index contributed by atoms with van der Waals surface area (Å²) < 4.78 is 13.1. The van der Waals surface area contributed by atoms with E-state index in [0.29, 0.717) is 19.5 Å². The molecule has 0 saturated carbocycles. The number of rotatable bonds is 3. The monoisotopic (exact) mass is 347 g/mol. The van der Waals surface area contributed by atoms with Gasteiger partial charge in [0.1, 0.15) is 5.82 Å². The molecule has 0 aliphatic carbocycles. The lowest BCUT2D eigenvalue weighted by atomic mass is 9.93. The smallest absolute Gasteiger partial charge is 0.335 e. The van der Waals surface area contributed by atoms with Gasteiger partial charge in [0.05, 0.1) is 16.1 Å². The first-order chi connectivity index (χ1) is 11.5. The summed E-state index contributed by atoms with van der Waals surface area (Å²) in [5.74, 6) is -1.78. The fraction of sp³-hybridized carbons (Fsp3) is 0.222. The Hall–Kier alpha value is -2.40. The van der Waals surface area contributed by atoms with Crippen LogP contribution >= 0.6 is 11.6 Å². The molecule has 0 spiro atoms. The van der Waals surface area contributed by atoms with Crippen LogP contribution in [-0.4, -0.2) is 35.0 Å². The van der Waals surface area contributed by atoms with E-state index in [2.05, 4.69) is 0 Å². The standard InChI is InChI=1S/C18H15ClFNO3/c19-16-9-12(20)5-6-15(16)17(22)21-8-7-11(10-21)13-3-1-2-4-14(13)18(23)24/h1-6,9,11H,7-8,10H2,(H,23,24)/t11-/m1/s1. The second-order valence-corrected chi connectivity index (χ2v) is 6.16. The molecule has 24 heavy (non-hydrogen) atoms. The van der Waals surface area contributed by atoms with Gasteiger partial charge in [0.2, 0.25) is 0 Å². The van der Waals surface area contributed by atoms with E-state index in [-0.39, 0.29) is 28.0 Å². The molecule has 3 rings (SSSR count). The molecule has 0 unspecified atom stereocenters. The third-order valence-electron chi connectivity index (χ3n) is 4.27. The molecule has 1 saturated heterocycles. The predicted molar refractivity (Wildman–Crippen MR) is 88.1 cm³/mol. The number of carbonyl (C=O) groups is 2. The number of hydrogen-bond donors (Lipinski definition) is 1. The summed E-state index contributed by atoms with van der Waals surface area (Å²) in [6.07, 6.45) is 0.675. The number of aromatic carboxylic acids is 1. The van der Waals surface area contributed by atoms with Crippen LogP contribution in [0.25, 0.3) is 0 Å². The minimum Gasteiger partial charge on any atom is -0.478 e. The quantitative estimate of drug-likeness (QED) is 0.918. The first-order valence-electron chi connectivity index (χ1n) is 7.54. The van der Waals surface area contributed by atoms with Crippen LogP contribution in [0, 0.1) is 5.82 Å². The van der Waals surface area contributed by atoms with E-state index in [9.17, 15) is 19.1 Å². The highest BCUT2D eigenvalue weighted by Gasteiger charge is 2.30. The van der Waals surface area contributed by atoms with Gasteiger partial charge in [0, 0.05) is 19.0 Å². The lowest BCUT2D eigenvalue weighted by Gasteiger charge is -2.18. The summed E-state index contributed by atoms with van der Waals surface area (Å²) in [7, 11) is 0. The molecular weight excluding hydrogens is 333 g/mol. The van der Waals surface area contributed by atoms with Crippen LogP contribution in [0.5, 0.6) is 0 Å². The molecule has 2 aromatic rings. The topological polar surface area (TPSA) is 57.6 Å². The number of carboxylic acids is 1. The molecule has 4 nitrogen and oxygen atoms in total. The van der Waals surface area contributed by atoms with E-state index in [1.165, 1.54) is 12.1 Å². The summed E-state index contributed by atoms with van der Waals surface area (Å²) >= 11 is 5.96. The van der Waals surface area contributed by atoms with Gasteiger partial charge in [0.25, 0.3) is 5.91 Å². The van der Waals surface area contributed by atoms with Crippen molar-refractivity contribution in [1.82, 2.24) is 4.90 Å². The second-order valence-electron chi connectivity index (χ2n) is 5.75. The molecule has 1 fully saturated rings. The van der Waals surface area contributed by atoms with E-state index in [0.717, 1.165) is 11.6 Å². The van der Waals surface area contributed by atoms with Crippen molar-refractivity contribution in [2.75, 3.05) is 13.1 Å². The van der Waals surface area contributed by atoms with Crippen molar-refractivity contribution in [3.8, 4) is 0 Å². The number of halogens is 2. The second kappa shape index (κ2) is 6.61. The summed E-state index contributed by atoms with van der Waals surface area (Å²) in [5, 5.41) is 9.39.